The number of nitrogens with zero attached hydrogens (tertiary/aromatic N) is 2. The van der Waals surface area contributed by atoms with Crippen LogP contribution in [0.4, 0.5) is 9.59 Å². The van der Waals surface area contributed by atoms with Crippen molar-refractivity contribution < 1.29 is 38.5 Å². The number of amides is 2. The van der Waals surface area contributed by atoms with Crippen molar-refractivity contribution in [2.45, 2.75) is 78.4 Å². The number of fused-ring (bicyclic) bond motifs is 2. The second-order valence-electron chi connectivity index (χ2n) is 16.8. The average Bonchev–Trinajstić information content (AvgIpc) is 3.77. The van der Waals surface area contributed by atoms with Gasteiger partial charge in [0.25, 0.3) is 0 Å². The van der Waals surface area contributed by atoms with Crippen LogP contribution in [0.5, 0.6) is 0 Å². The first-order valence-electron chi connectivity index (χ1n) is 19.2. The Morgan fingerprint density at radius 3 is 1.40 bits per heavy atom. The fraction of sp³-hybridized carbons (Fsp3) is 0.467. The summed E-state index contributed by atoms with van der Waals surface area (Å²) < 4.78 is 15.9. The molecule has 55 heavy (non-hydrogen) atoms. The first-order chi connectivity index (χ1) is 26.0. The maximum absolute atomic E-state index is 12.4. The Morgan fingerprint density at radius 1 is 0.600 bits per heavy atom. The summed E-state index contributed by atoms with van der Waals surface area (Å²) in [7, 11) is 1.40. The first kappa shape index (κ1) is 41.1. The lowest BCUT2D eigenvalue weighted by Crippen LogP contribution is -2.36. The van der Waals surface area contributed by atoms with Gasteiger partial charge in [-0.1, -0.05) is 84.9 Å². The third-order valence-electron chi connectivity index (χ3n) is 10.2. The quantitative estimate of drug-likeness (QED) is 0.140. The Labute approximate surface area is 324 Å². The molecule has 0 aromatic heterocycles. The SMILES string of the molecule is CC(C)(C)OC(=O)N1C[C@H](CCc2ccc3ccccc3c2)[C@@H](C(=O)O)C1.COC(=O)[C@H]1CN(C(=O)OC(C)(C)C)C[C@@H]1CCc1ccc2ccccc2c1. The number of aliphatic carboxylic acids is 1. The van der Waals surface area contributed by atoms with Crippen molar-refractivity contribution >= 4 is 45.7 Å². The topological polar surface area (TPSA) is 123 Å². The average molecular weight is 753 g/mol. The van der Waals surface area contributed by atoms with Gasteiger partial charge in [-0.2, -0.15) is 0 Å². The Morgan fingerprint density at radius 2 is 1.00 bits per heavy atom. The molecule has 6 rings (SSSR count). The van der Waals surface area contributed by atoms with E-state index in [0.717, 1.165) is 25.7 Å². The zero-order chi connectivity index (χ0) is 39.9. The molecule has 2 aliphatic rings. The summed E-state index contributed by atoms with van der Waals surface area (Å²) in [6.07, 6.45) is 2.40. The van der Waals surface area contributed by atoms with Crippen LogP contribution >= 0.6 is 0 Å². The highest BCUT2D eigenvalue weighted by molar-refractivity contribution is 5.84. The summed E-state index contributed by atoms with van der Waals surface area (Å²) >= 11 is 0. The minimum Gasteiger partial charge on any atom is -0.481 e. The van der Waals surface area contributed by atoms with Crippen molar-refractivity contribution in [1.29, 1.82) is 0 Å². The number of esters is 1. The molecular formula is C45H56N2O8. The molecule has 2 amide bonds. The van der Waals surface area contributed by atoms with Crippen LogP contribution in [-0.4, -0.2) is 83.5 Å². The Kier molecular flexibility index (Phi) is 13.1. The lowest BCUT2D eigenvalue weighted by atomic mass is 9.90. The third-order valence-corrected chi connectivity index (χ3v) is 10.2. The minimum absolute atomic E-state index is 0.0615. The number of aryl methyl sites for hydroxylation is 2. The van der Waals surface area contributed by atoms with Crippen LogP contribution in [0.2, 0.25) is 0 Å². The molecule has 2 fully saturated rings. The van der Waals surface area contributed by atoms with Crippen LogP contribution in [0.1, 0.15) is 65.5 Å². The van der Waals surface area contributed by atoms with Crippen LogP contribution in [0.3, 0.4) is 0 Å². The predicted octanol–water partition coefficient (Wildman–Crippen LogP) is 8.77. The maximum atomic E-state index is 12.4. The zero-order valence-corrected chi connectivity index (χ0v) is 33.2. The van der Waals surface area contributed by atoms with Crippen molar-refractivity contribution in [3.8, 4) is 0 Å². The monoisotopic (exact) mass is 752 g/mol. The van der Waals surface area contributed by atoms with Gasteiger partial charge in [0.15, 0.2) is 0 Å². The molecule has 0 radical (unpaired) electrons. The molecule has 2 heterocycles. The molecule has 2 aliphatic heterocycles. The van der Waals surface area contributed by atoms with Gasteiger partial charge >= 0.3 is 24.1 Å². The van der Waals surface area contributed by atoms with Gasteiger partial charge in [0.1, 0.15) is 11.2 Å². The number of carboxylic acid groups (broad SMARTS) is 1. The highest BCUT2D eigenvalue weighted by Gasteiger charge is 2.42. The van der Waals surface area contributed by atoms with E-state index in [1.165, 1.54) is 44.7 Å². The van der Waals surface area contributed by atoms with E-state index >= 15 is 0 Å². The fourth-order valence-corrected chi connectivity index (χ4v) is 7.47. The van der Waals surface area contributed by atoms with E-state index in [1.54, 1.807) is 4.90 Å². The predicted molar refractivity (Wildman–Crippen MR) is 214 cm³/mol. The molecule has 0 saturated carbocycles. The lowest BCUT2D eigenvalue weighted by molar-refractivity contribution is -0.146. The largest absolute Gasteiger partial charge is 0.481 e. The van der Waals surface area contributed by atoms with Crippen LogP contribution in [0.25, 0.3) is 21.5 Å². The number of carboxylic acids is 1. The van der Waals surface area contributed by atoms with Crippen molar-refractivity contribution in [3.63, 3.8) is 0 Å². The molecule has 0 spiro atoms. The van der Waals surface area contributed by atoms with E-state index in [-0.39, 0.29) is 36.4 Å². The van der Waals surface area contributed by atoms with Gasteiger partial charge in [0.2, 0.25) is 0 Å². The van der Waals surface area contributed by atoms with Gasteiger partial charge in [-0.05, 0) is 112 Å². The number of likely N-dealkylation sites (tertiary alicyclic amines) is 2. The number of methoxy groups -OCH3 is 1. The summed E-state index contributed by atoms with van der Waals surface area (Å²) in [6, 6.07) is 29.3. The number of hydrogen-bond acceptors (Lipinski definition) is 7. The second-order valence-corrected chi connectivity index (χ2v) is 16.8. The van der Waals surface area contributed by atoms with Crippen LogP contribution < -0.4 is 0 Å². The standard InChI is InChI=1S/C23H29NO4.C22H27NO4/c1-23(2,3)28-22(26)24-14-19(20(15-24)21(25)27-4)12-10-16-9-11-17-7-5-6-8-18(17)13-16;1-22(2,3)27-21(26)23-13-18(19(14-23)20(24)25)11-9-15-8-10-16-6-4-5-7-17(16)12-15/h5-9,11,13,19-20H,10,12,14-15H2,1-4H3;4-8,10,12,18-19H,9,11,13-14H2,1-3H3,(H,24,25)/t19-,20-;18-,19-/m00/s1. The fourth-order valence-electron chi connectivity index (χ4n) is 7.47. The molecule has 1 N–H and O–H groups in total. The number of rotatable bonds is 8. The van der Waals surface area contributed by atoms with E-state index in [9.17, 15) is 24.3 Å². The normalized spacial score (nSPS) is 19.8. The number of hydrogen-bond donors (Lipinski definition) is 1. The molecule has 4 aromatic carbocycles. The molecule has 4 aromatic rings. The molecule has 2 saturated heterocycles. The van der Waals surface area contributed by atoms with Gasteiger partial charge in [-0.3, -0.25) is 9.59 Å². The first-order valence-corrected chi connectivity index (χ1v) is 19.2. The third kappa shape index (κ3) is 11.4. The molecule has 0 unspecified atom stereocenters. The molecule has 0 bridgehead atoms. The summed E-state index contributed by atoms with van der Waals surface area (Å²) in [4.78, 5) is 51.9. The van der Waals surface area contributed by atoms with Crippen molar-refractivity contribution in [1.82, 2.24) is 9.80 Å². The van der Waals surface area contributed by atoms with Crippen molar-refractivity contribution in [2.75, 3.05) is 33.3 Å². The highest BCUT2D eigenvalue weighted by Crippen LogP contribution is 2.32. The summed E-state index contributed by atoms with van der Waals surface area (Å²) in [5.74, 6) is -1.96. The number of ether oxygens (including phenoxy) is 3. The van der Waals surface area contributed by atoms with Crippen LogP contribution in [0.15, 0.2) is 84.9 Å². The minimum atomic E-state index is -0.843. The molecule has 294 valence electrons. The number of carbonyl (C=O) groups is 4. The number of benzene rings is 4. The van der Waals surface area contributed by atoms with Gasteiger partial charge in [0.05, 0.1) is 18.9 Å². The Bertz CT molecular complexity index is 1980. The second kappa shape index (κ2) is 17.6. The van der Waals surface area contributed by atoms with Crippen molar-refractivity contribution in [2.24, 2.45) is 23.7 Å². The van der Waals surface area contributed by atoms with Gasteiger partial charge in [-0.15, -0.1) is 0 Å². The van der Waals surface area contributed by atoms with Gasteiger partial charge in [0, 0.05) is 26.2 Å². The van der Waals surface area contributed by atoms with E-state index in [0.29, 0.717) is 19.6 Å². The highest BCUT2D eigenvalue weighted by atomic mass is 16.6. The van der Waals surface area contributed by atoms with E-state index in [2.05, 4.69) is 60.7 Å². The molecular weight excluding hydrogens is 697 g/mol. The molecule has 10 heteroatoms. The number of carbonyl (C=O) groups excluding carboxylic acids is 3. The lowest BCUT2D eigenvalue weighted by Gasteiger charge is -2.24. The molecule has 0 aliphatic carbocycles. The summed E-state index contributed by atoms with van der Waals surface area (Å²) in [6.45, 7) is 12.5. The molecule has 10 nitrogen and oxygen atoms in total. The van der Waals surface area contributed by atoms with Gasteiger partial charge < -0.3 is 29.1 Å². The van der Waals surface area contributed by atoms with Gasteiger partial charge in [-0.25, -0.2) is 9.59 Å². The molecule has 4 atom stereocenters. The summed E-state index contributed by atoms with van der Waals surface area (Å²) in [5, 5.41) is 14.4. The van der Waals surface area contributed by atoms with E-state index < -0.39 is 29.2 Å². The van der Waals surface area contributed by atoms with E-state index in [4.69, 9.17) is 14.2 Å². The van der Waals surface area contributed by atoms with E-state index in [1.807, 2.05) is 65.8 Å². The Hall–Kier alpha value is -5.12. The Balaban J connectivity index is 0.000000211. The van der Waals surface area contributed by atoms with Crippen LogP contribution in [0, 0.1) is 23.7 Å². The van der Waals surface area contributed by atoms with Crippen molar-refractivity contribution in [3.05, 3.63) is 96.1 Å². The smallest absolute Gasteiger partial charge is 0.410 e. The van der Waals surface area contributed by atoms with Crippen LogP contribution in [-0.2, 0) is 36.6 Å². The zero-order valence-electron chi connectivity index (χ0n) is 33.2. The maximum Gasteiger partial charge on any atom is 0.410 e. The summed E-state index contributed by atoms with van der Waals surface area (Å²) in [5.41, 5.74) is 1.28.